The summed E-state index contributed by atoms with van der Waals surface area (Å²) in [5, 5.41) is 13.3. The standard InChI is InChI=1S/C18H20N2O4/c1-12-4-6-13(7-5-12)14-10-15(24-19-14)16(21)20-9-3-8-18(2,11-20)17(22)23/h4-7,10H,3,8-9,11H2,1-2H3,(H,22,23). The lowest BCUT2D eigenvalue weighted by molar-refractivity contribution is -0.150. The fraction of sp³-hybridized carbons (Fsp3) is 0.389. The summed E-state index contributed by atoms with van der Waals surface area (Å²) in [6.07, 6.45) is 1.23. The molecule has 6 nitrogen and oxygen atoms in total. The maximum absolute atomic E-state index is 12.6. The molecule has 0 bridgehead atoms. The number of benzene rings is 1. The van der Waals surface area contributed by atoms with Crippen molar-refractivity contribution in [2.45, 2.75) is 26.7 Å². The number of carbonyl (C=O) groups excluding carboxylic acids is 1. The molecule has 1 aliphatic rings. The predicted molar refractivity (Wildman–Crippen MR) is 87.6 cm³/mol. The Labute approximate surface area is 140 Å². The first-order valence-electron chi connectivity index (χ1n) is 7.95. The summed E-state index contributed by atoms with van der Waals surface area (Å²) in [6, 6.07) is 9.39. The number of carbonyl (C=O) groups is 2. The Balaban J connectivity index is 1.78. The average molecular weight is 328 g/mol. The Hall–Kier alpha value is -2.63. The number of rotatable bonds is 3. The zero-order chi connectivity index (χ0) is 17.3. The first kappa shape index (κ1) is 16.2. The van der Waals surface area contributed by atoms with Crippen LogP contribution in [0.25, 0.3) is 11.3 Å². The Morgan fingerprint density at radius 2 is 2.00 bits per heavy atom. The highest BCUT2D eigenvalue weighted by molar-refractivity contribution is 5.93. The number of aryl methyl sites for hydroxylation is 1. The van der Waals surface area contributed by atoms with Crippen molar-refractivity contribution >= 4 is 11.9 Å². The second-order valence-corrected chi connectivity index (χ2v) is 6.64. The Morgan fingerprint density at radius 3 is 2.67 bits per heavy atom. The van der Waals surface area contributed by atoms with Gasteiger partial charge in [0.2, 0.25) is 5.76 Å². The summed E-state index contributed by atoms with van der Waals surface area (Å²) in [6.45, 7) is 4.38. The van der Waals surface area contributed by atoms with Crippen molar-refractivity contribution in [3.8, 4) is 11.3 Å². The minimum absolute atomic E-state index is 0.139. The average Bonchev–Trinajstić information content (AvgIpc) is 3.04. The van der Waals surface area contributed by atoms with E-state index in [0.29, 0.717) is 25.1 Å². The van der Waals surface area contributed by atoms with Crippen molar-refractivity contribution in [1.29, 1.82) is 0 Å². The van der Waals surface area contributed by atoms with Crippen molar-refractivity contribution in [2.75, 3.05) is 13.1 Å². The van der Waals surface area contributed by atoms with Gasteiger partial charge in [0.25, 0.3) is 5.91 Å². The molecule has 3 rings (SSSR count). The zero-order valence-corrected chi connectivity index (χ0v) is 13.8. The molecule has 1 aromatic carbocycles. The maximum atomic E-state index is 12.6. The van der Waals surface area contributed by atoms with Gasteiger partial charge in [0.05, 0.1) is 5.41 Å². The molecule has 126 valence electrons. The highest BCUT2D eigenvalue weighted by Crippen LogP contribution is 2.31. The molecule has 2 aromatic rings. The first-order chi connectivity index (χ1) is 11.4. The third-order valence-corrected chi connectivity index (χ3v) is 4.57. The van der Waals surface area contributed by atoms with E-state index in [2.05, 4.69) is 5.16 Å². The molecule has 1 unspecified atom stereocenters. The molecule has 0 spiro atoms. The predicted octanol–water partition coefficient (Wildman–Crippen LogP) is 2.98. The van der Waals surface area contributed by atoms with Gasteiger partial charge < -0.3 is 14.5 Å². The van der Waals surface area contributed by atoms with Gasteiger partial charge in [-0.2, -0.15) is 0 Å². The molecule has 0 aliphatic carbocycles. The van der Waals surface area contributed by atoms with E-state index in [1.165, 1.54) is 4.90 Å². The van der Waals surface area contributed by atoms with Gasteiger partial charge in [0.15, 0.2) is 0 Å². The topological polar surface area (TPSA) is 83.6 Å². The van der Waals surface area contributed by atoms with Gasteiger partial charge in [0.1, 0.15) is 5.69 Å². The van der Waals surface area contributed by atoms with Crippen LogP contribution in [0.2, 0.25) is 0 Å². The van der Waals surface area contributed by atoms with Crippen LogP contribution in [0.1, 0.15) is 35.9 Å². The number of nitrogens with zero attached hydrogens (tertiary/aromatic N) is 2. The monoisotopic (exact) mass is 328 g/mol. The first-order valence-corrected chi connectivity index (χ1v) is 7.95. The van der Waals surface area contributed by atoms with E-state index in [1.54, 1.807) is 13.0 Å². The van der Waals surface area contributed by atoms with Crippen molar-refractivity contribution < 1.29 is 19.2 Å². The van der Waals surface area contributed by atoms with Crippen molar-refractivity contribution in [2.24, 2.45) is 5.41 Å². The summed E-state index contributed by atoms with van der Waals surface area (Å²) >= 11 is 0. The number of amides is 1. The Kier molecular flexibility index (Phi) is 4.13. The second-order valence-electron chi connectivity index (χ2n) is 6.64. The van der Waals surface area contributed by atoms with Gasteiger partial charge in [-0.1, -0.05) is 35.0 Å². The largest absolute Gasteiger partial charge is 0.481 e. The van der Waals surface area contributed by atoms with Crippen molar-refractivity contribution in [1.82, 2.24) is 10.1 Å². The van der Waals surface area contributed by atoms with Crippen LogP contribution in [0.5, 0.6) is 0 Å². The van der Waals surface area contributed by atoms with Gasteiger partial charge in [-0.3, -0.25) is 9.59 Å². The second kappa shape index (κ2) is 6.11. The van der Waals surface area contributed by atoms with E-state index >= 15 is 0 Å². The van der Waals surface area contributed by atoms with Crippen LogP contribution in [-0.4, -0.2) is 40.1 Å². The fourth-order valence-electron chi connectivity index (χ4n) is 2.98. The molecule has 1 aliphatic heterocycles. The molecule has 1 amide bonds. The summed E-state index contributed by atoms with van der Waals surface area (Å²) in [7, 11) is 0. The highest BCUT2D eigenvalue weighted by Gasteiger charge is 2.40. The van der Waals surface area contributed by atoms with Gasteiger partial charge >= 0.3 is 5.97 Å². The van der Waals surface area contributed by atoms with Crippen LogP contribution in [0.4, 0.5) is 0 Å². The molecule has 0 saturated carbocycles. The fourth-order valence-corrected chi connectivity index (χ4v) is 2.98. The number of likely N-dealkylation sites (tertiary alicyclic amines) is 1. The maximum Gasteiger partial charge on any atom is 0.311 e. The smallest absolute Gasteiger partial charge is 0.311 e. The van der Waals surface area contributed by atoms with Crippen LogP contribution in [-0.2, 0) is 4.79 Å². The van der Waals surface area contributed by atoms with Gasteiger partial charge in [-0.05, 0) is 26.7 Å². The normalized spacial score (nSPS) is 20.8. The van der Waals surface area contributed by atoms with E-state index in [0.717, 1.165) is 11.1 Å². The van der Waals surface area contributed by atoms with Crippen LogP contribution >= 0.6 is 0 Å². The van der Waals surface area contributed by atoms with Gasteiger partial charge in [0, 0.05) is 24.7 Å². The molecule has 1 aromatic heterocycles. The molecule has 2 heterocycles. The van der Waals surface area contributed by atoms with E-state index in [-0.39, 0.29) is 18.2 Å². The van der Waals surface area contributed by atoms with Gasteiger partial charge in [-0.15, -0.1) is 0 Å². The lowest BCUT2D eigenvalue weighted by Gasteiger charge is -2.36. The number of aliphatic carboxylic acids is 1. The SMILES string of the molecule is Cc1ccc(-c2cc(C(=O)N3CCCC(C)(C(=O)O)C3)on2)cc1. The lowest BCUT2D eigenvalue weighted by Crippen LogP contribution is -2.48. The minimum Gasteiger partial charge on any atom is -0.481 e. The van der Waals surface area contributed by atoms with Crippen LogP contribution in [0.15, 0.2) is 34.9 Å². The third kappa shape index (κ3) is 3.04. The van der Waals surface area contributed by atoms with Crippen molar-refractivity contribution in [3.63, 3.8) is 0 Å². The number of piperidine rings is 1. The molecule has 1 atom stereocenters. The van der Waals surface area contributed by atoms with Crippen molar-refractivity contribution in [3.05, 3.63) is 41.7 Å². The molecule has 1 N–H and O–H groups in total. The summed E-state index contributed by atoms with van der Waals surface area (Å²) < 4.78 is 5.20. The van der Waals surface area contributed by atoms with E-state index in [4.69, 9.17) is 4.52 Å². The summed E-state index contributed by atoms with van der Waals surface area (Å²) in [5.41, 5.74) is 1.70. The van der Waals surface area contributed by atoms with Crippen LogP contribution in [0.3, 0.4) is 0 Å². The number of carboxylic acids is 1. The molecule has 1 saturated heterocycles. The van der Waals surface area contributed by atoms with Crippen LogP contribution < -0.4 is 0 Å². The van der Waals surface area contributed by atoms with Gasteiger partial charge in [-0.25, -0.2) is 0 Å². The molecule has 6 heteroatoms. The summed E-state index contributed by atoms with van der Waals surface area (Å²) in [5.74, 6) is -1.05. The molecule has 24 heavy (non-hydrogen) atoms. The third-order valence-electron chi connectivity index (χ3n) is 4.57. The molecule has 1 fully saturated rings. The van der Waals surface area contributed by atoms with E-state index < -0.39 is 11.4 Å². The molecular weight excluding hydrogens is 308 g/mol. The summed E-state index contributed by atoms with van der Waals surface area (Å²) in [4.78, 5) is 25.6. The molecular formula is C18H20N2O4. The number of aromatic nitrogens is 1. The minimum atomic E-state index is -0.909. The molecule has 0 radical (unpaired) electrons. The number of hydrogen-bond donors (Lipinski definition) is 1. The lowest BCUT2D eigenvalue weighted by atomic mass is 9.82. The van der Waals surface area contributed by atoms with Crippen LogP contribution in [0, 0.1) is 12.3 Å². The number of hydrogen-bond acceptors (Lipinski definition) is 4. The highest BCUT2D eigenvalue weighted by atomic mass is 16.5. The quantitative estimate of drug-likeness (QED) is 0.936. The Bertz CT molecular complexity index is 766. The number of carboxylic acid groups (broad SMARTS) is 1. The Morgan fingerprint density at radius 1 is 1.29 bits per heavy atom. The van der Waals surface area contributed by atoms with E-state index in [1.807, 2.05) is 31.2 Å². The van der Waals surface area contributed by atoms with E-state index in [9.17, 15) is 14.7 Å². The zero-order valence-electron chi connectivity index (χ0n) is 13.8.